The van der Waals surface area contributed by atoms with Crippen LogP contribution >= 0.6 is 45.6 Å². The summed E-state index contributed by atoms with van der Waals surface area (Å²) in [6, 6.07) is 0. The van der Waals surface area contributed by atoms with Gasteiger partial charge in [0, 0.05) is 52.4 Å². The Morgan fingerprint density at radius 3 is 0.833 bits per heavy atom. The van der Waals surface area contributed by atoms with Crippen LogP contribution in [0, 0.1) is 0 Å². The summed E-state index contributed by atoms with van der Waals surface area (Å²) in [6.45, 7) is 3.70. The van der Waals surface area contributed by atoms with Gasteiger partial charge in [-0.1, -0.05) is 0 Å². The predicted molar refractivity (Wildman–Crippen MR) is 173 cm³/mol. The molecule has 0 aromatic heterocycles. The van der Waals surface area contributed by atoms with Gasteiger partial charge in [0.25, 0.3) is 0 Å². The molecule has 28 heteroatoms. The molecule has 1 saturated heterocycles. The van der Waals surface area contributed by atoms with E-state index in [9.17, 15) is 71.4 Å². The molecule has 0 amide bonds. The van der Waals surface area contributed by atoms with Crippen molar-refractivity contribution in [1.29, 1.82) is 0 Å². The molecular weight excluding hydrogens is 770 g/mol. The summed E-state index contributed by atoms with van der Waals surface area (Å²) < 4.78 is 92.7. The van der Waals surface area contributed by atoms with Crippen molar-refractivity contribution in [3.05, 3.63) is 0 Å². The summed E-state index contributed by atoms with van der Waals surface area (Å²) >= 11 is 0. The van der Waals surface area contributed by atoms with Gasteiger partial charge in [-0.05, 0) is 41.5 Å². The number of hydrogen-bond acceptors (Lipinski definition) is 13. The summed E-state index contributed by atoms with van der Waals surface area (Å²) in [5.74, 6) is 0. The molecule has 6 unspecified atom stereocenters. The highest BCUT2D eigenvalue weighted by Crippen LogP contribution is 2.67. The van der Waals surface area contributed by atoms with E-state index in [0.717, 1.165) is 9.80 Å². The minimum Gasteiger partial charge on any atom is -0.323 e. The van der Waals surface area contributed by atoms with Crippen LogP contribution in [0.25, 0.3) is 0 Å². The summed E-state index contributed by atoms with van der Waals surface area (Å²) in [5, 5.41) is 2.81. The molecule has 0 aromatic carbocycles. The largest absolute Gasteiger partial charge is 0.357 e. The lowest BCUT2D eigenvalue weighted by atomic mass is 10.4. The Morgan fingerprint density at radius 2 is 0.646 bits per heavy atom. The van der Waals surface area contributed by atoms with Gasteiger partial charge in [0.05, 0.1) is 18.3 Å². The Labute approximate surface area is 279 Å². The van der Waals surface area contributed by atoms with E-state index in [-0.39, 0.29) is 13.1 Å². The van der Waals surface area contributed by atoms with Crippen LogP contribution in [0.4, 0.5) is 0 Å². The molecule has 0 bridgehead atoms. The second kappa shape index (κ2) is 18.2. The fourth-order valence-electron chi connectivity index (χ4n) is 5.01. The molecule has 1 aliphatic heterocycles. The lowest BCUT2D eigenvalue weighted by molar-refractivity contribution is 0.123. The highest BCUT2D eigenvalue weighted by molar-refractivity contribution is 7.72. The van der Waals surface area contributed by atoms with Gasteiger partial charge in [-0.3, -0.25) is 42.1 Å². The summed E-state index contributed by atoms with van der Waals surface area (Å²) in [6.07, 6.45) is -3.00. The first-order chi connectivity index (χ1) is 21.4. The van der Waals surface area contributed by atoms with Crippen LogP contribution in [0.1, 0.15) is 41.5 Å². The van der Waals surface area contributed by atoms with Crippen molar-refractivity contribution < 1.29 is 85.0 Å². The Bertz CT molecular complexity index is 1270. The minimum absolute atomic E-state index is 0.219. The van der Waals surface area contributed by atoms with Gasteiger partial charge in [-0.15, -0.1) is 0 Å². The average Bonchev–Trinajstić information content (AvgIpc) is 2.77. The monoisotopic (exact) mass is 820 g/mol. The standard InChI is InChI=1S/C20H50N4O18P6/c1-15(2)40-46(34,35)18(43(25,26)27)22-9-7-21-8-10-23(19(44(28,29)30)47(36,37)41-16(3)4)12-14-24(13-11-22)20(45(31,32)33)48(38,39)42-17(5)6/h15-21H,7-14H2,1-6H3,(H,34,35)(H,36,37)(H,38,39)(H2,25,26,27)(H2,28,29,30)(H2,31,32,33). The molecule has 288 valence electrons. The number of rotatable bonds is 15. The zero-order valence-corrected chi connectivity index (χ0v) is 32.7. The van der Waals surface area contributed by atoms with Crippen molar-refractivity contribution in [3.63, 3.8) is 0 Å². The predicted octanol–water partition coefficient (Wildman–Crippen LogP) is 0.711. The first kappa shape index (κ1) is 46.8. The van der Waals surface area contributed by atoms with Gasteiger partial charge in [0.15, 0.2) is 0 Å². The smallest absolute Gasteiger partial charge is 0.323 e. The van der Waals surface area contributed by atoms with Gasteiger partial charge in [0.1, 0.15) is 0 Å². The molecule has 6 atom stereocenters. The SMILES string of the molecule is CC(C)OP(=O)(O)C(N1CCNCCN(C(P(=O)(O)O)P(=O)(O)OC(C)C)CCN(C(P(=O)(O)O)P(=O)(O)OC(C)C)CC1)P(=O)(O)O. The molecule has 22 nitrogen and oxygen atoms in total. The highest BCUT2D eigenvalue weighted by Gasteiger charge is 2.54. The molecule has 0 saturated carbocycles. The van der Waals surface area contributed by atoms with E-state index in [1.165, 1.54) is 41.5 Å². The maximum Gasteiger partial charge on any atom is 0.357 e. The average molecular weight is 820 g/mol. The third-order valence-corrected chi connectivity index (χ3v) is 19.4. The molecule has 1 aliphatic rings. The highest BCUT2D eigenvalue weighted by atomic mass is 31.2. The second-order valence-corrected chi connectivity index (χ2v) is 23.5. The molecule has 1 rings (SSSR count). The van der Waals surface area contributed by atoms with Gasteiger partial charge in [0.2, 0.25) is 16.6 Å². The van der Waals surface area contributed by atoms with E-state index < -0.39 is 120 Å². The van der Waals surface area contributed by atoms with Crippen LogP contribution in [-0.2, 0) is 41.0 Å². The van der Waals surface area contributed by atoms with E-state index in [0.29, 0.717) is 4.90 Å². The minimum atomic E-state index is -5.68. The Hall–Kier alpha value is 0.740. The number of hydrogen-bond donors (Lipinski definition) is 10. The van der Waals surface area contributed by atoms with Crippen LogP contribution in [0.2, 0.25) is 0 Å². The fourth-order valence-corrected chi connectivity index (χ4v) is 16.1. The molecule has 10 N–H and O–H groups in total. The normalized spacial score (nSPS) is 23.9. The van der Waals surface area contributed by atoms with Crippen LogP contribution in [0.15, 0.2) is 0 Å². The number of nitrogens with one attached hydrogen (secondary N) is 1. The molecule has 0 aliphatic carbocycles. The molecular formula is C20H50N4O18P6. The zero-order valence-electron chi connectivity index (χ0n) is 27.3. The Kier molecular flexibility index (Phi) is 17.7. The van der Waals surface area contributed by atoms with E-state index in [4.69, 9.17) is 13.6 Å². The van der Waals surface area contributed by atoms with E-state index in [1.807, 2.05) is 0 Å². The topological polar surface area (TPSA) is 334 Å². The molecule has 0 spiro atoms. The zero-order chi connectivity index (χ0) is 37.7. The quantitative estimate of drug-likeness (QED) is 0.102. The lowest BCUT2D eigenvalue weighted by Gasteiger charge is -2.40. The van der Waals surface area contributed by atoms with Crippen LogP contribution in [0.3, 0.4) is 0 Å². The molecule has 0 aromatic rings. The molecule has 1 fully saturated rings. The summed E-state index contributed by atoms with van der Waals surface area (Å²) in [4.78, 5) is 95.6. The van der Waals surface area contributed by atoms with Crippen LogP contribution in [-0.4, -0.2) is 146 Å². The van der Waals surface area contributed by atoms with Gasteiger partial charge in [-0.25, -0.2) is 0 Å². The van der Waals surface area contributed by atoms with Crippen molar-refractivity contribution in [2.45, 2.75) is 76.4 Å². The first-order valence-corrected chi connectivity index (χ1v) is 24.5. The van der Waals surface area contributed by atoms with Gasteiger partial charge < -0.3 is 62.9 Å². The fraction of sp³-hybridized carbons (Fsp3) is 1.00. The Morgan fingerprint density at radius 1 is 0.438 bits per heavy atom. The molecule has 0 radical (unpaired) electrons. The van der Waals surface area contributed by atoms with Crippen LogP contribution in [0.5, 0.6) is 0 Å². The second-order valence-electron chi connectivity index (χ2n) is 11.8. The van der Waals surface area contributed by atoms with Crippen molar-refractivity contribution in [3.8, 4) is 0 Å². The van der Waals surface area contributed by atoms with Crippen LogP contribution < -0.4 is 5.32 Å². The van der Waals surface area contributed by atoms with E-state index >= 15 is 0 Å². The maximum absolute atomic E-state index is 13.4. The van der Waals surface area contributed by atoms with Crippen molar-refractivity contribution in [2.24, 2.45) is 0 Å². The summed E-state index contributed by atoms with van der Waals surface area (Å²) in [7, 11) is -32.3. The van der Waals surface area contributed by atoms with E-state index in [2.05, 4.69) is 5.32 Å². The van der Waals surface area contributed by atoms with Crippen molar-refractivity contribution in [2.75, 3.05) is 52.4 Å². The molecule has 1 heterocycles. The van der Waals surface area contributed by atoms with Crippen molar-refractivity contribution in [1.82, 2.24) is 20.0 Å². The lowest BCUT2D eigenvalue weighted by Crippen LogP contribution is -2.51. The van der Waals surface area contributed by atoms with Gasteiger partial charge in [-0.2, -0.15) is 0 Å². The molecule has 48 heavy (non-hydrogen) atoms. The van der Waals surface area contributed by atoms with E-state index in [1.54, 1.807) is 0 Å². The third kappa shape index (κ3) is 14.6. The third-order valence-electron chi connectivity index (χ3n) is 6.34. The first-order valence-electron chi connectivity index (χ1n) is 14.5. The number of nitrogens with zero attached hydrogens (tertiary/aromatic N) is 3. The van der Waals surface area contributed by atoms with Crippen molar-refractivity contribution >= 4 is 45.6 Å². The summed E-state index contributed by atoms with van der Waals surface area (Å²) in [5.41, 5.74) is -7.63. The Balaban J connectivity index is 3.87. The van der Waals surface area contributed by atoms with Gasteiger partial charge >= 0.3 is 45.6 Å². The maximum atomic E-state index is 13.4.